The Morgan fingerprint density at radius 1 is 1.13 bits per heavy atom. The second-order valence-electron chi connectivity index (χ2n) is 2.79. The van der Waals surface area contributed by atoms with Crippen molar-refractivity contribution >= 4 is 0 Å². The van der Waals surface area contributed by atoms with Gasteiger partial charge in [-0.15, -0.1) is 0 Å². The van der Waals surface area contributed by atoms with Gasteiger partial charge in [0.05, 0.1) is 5.56 Å². The molecular formula is C8H6F5NO. The van der Waals surface area contributed by atoms with Crippen molar-refractivity contribution in [3.8, 4) is 0 Å². The number of nitrogens with zero attached hydrogens (tertiary/aromatic N) is 1. The maximum atomic E-state index is 12.7. The summed E-state index contributed by atoms with van der Waals surface area (Å²) in [5.41, 5.74) is -2.00. The molecule has 7 heteroatoms. The van der Waals surface area contributed by atoms with E-state index in [-0.39, 0.29) is 0 Å². The predicted octanol–water partition coefficient (Wildman–Crippen LogP) is 2.18. The topological polar surface area (TPSA) is 33.1 Å². The molecule has 84 valence electrons. The highest BCUT2D eigenvalue weighted by molar-refractivity contribution is 5.19. The SMILES string of the molecule is OCC(F)(F)c1ccc(C(F)(F)F)cn1. The monoisotopic (exact) mass is 227 g/mol. The van der Waals surface area contributed by atoms with Crippen LogP contribution in [-0.2, 0) is 12.1 Å². The lowest BCUT2D eigenvalue weighted by atomic mass is 10.2. The molecule has 0 aliphatic heterocycles. The van der Waals surface area contributed by atoms with Gasteiger partial charge in [-0.1, -0.05) is 0 Å². The first-order valence-corrected chi connectivity index (χ1v) is 3.80. The second kappa shape index (κ2) is 3.73. The highest BCUT2D eigenvalue weighted by Gasteiger charge is 2.35. The zero-order chi connectivity index (χ0) is 11.7. The van der Waals surface area contributed by atoms with E-state index < -0.39 is 30.0 Å². The van der Waals surface area contributed by atoms with Gasteiger partial charge < -0.3 is 5.11 Å². The summed E-state index contributed by atoms with van der Waals surface area (Å²) in [6.45, 7) is -1.49. The molecule has 0 radical (unpaired) electrons. The van der Waals surface area contributed by atoms with Crippen LogP contribution in [0.4, 0.5) is 22.0 Å². The Morgan fingerprint density at radius 3 is 2.07 bits per heavy atom. The Hall–Kier alpha value is -1.24. The van der Waals surface area contributed by atoms with Crippen LogP contribution in [-0.4, -0.2) is 16.7 Å². The number of alkyl halides is 5. The Bertz CT molecular complexity index is 332. The average molecular weight is 227 g/mol. The van der Waals surface area contributed by atoms with Gasteiger partial charge in [0.25, 0.3) is 0 Å². The lowest BCUT2D eigenvalue weighted by Gasteiger charge is -2.13. The van der Waals surface area contributed by atoms with E-state index in [1.807, 2.05) is 0 Å². The van der Waals surface area contributed by atoms with Crippen molar-refractivity contribution in [3.63, 3.8) is 0 Å². The van der Waals surface area contributed by atoms with Gasteiger partial charge in [0, 0.05) is 6.20 Å². The molecule has 0 unspecified atom stereocenters. The molecule has 15 heavy (non-hydrogen) atoms. The molecule has 0 amide bonds. The normalized spacial score (nSPS) is 12.9. The van der Waals surface area contributed by atoms with E-state index in [1.165, 1.54) is 0 Å². The Morgan fingerprint density at radius 2 is 1.73 bits per heavy atom. The maximum Gasteiger partial charge on any atom is 0.417 e. The first-order chi connectivity index (χ1) is 6.77. The molecule has 0 saturated carbocycles. The van der Waals surface area contributed by atoms with Crippen molar-refractivity contribution in [1.29, 1.82) is 0 Å². The molecule has 2 nitrogen and oxygen atoms in total. The molecule has 0 atom stereocenters. The summed E-state index contributed by atoms with van der Waals surface area (Å²) in [5.74, 6) is -3.62. The molecule has 0 saturated heterocycles. The fourth-order valence-electron chi connectivity index (χ4n) is 0.859. The van der Waals surface area contributed by atoms with Crippen LogP contribution >= 0.6 is 0 Å². The summed E-state index contributed by atoms with van der Waals surface area (Å²) in [4.78, 5) is 2.96. The molecule has 1 aromatic heterocycles. The summed E-state index contributed by atoms with van der Waals surface area (Å²) in [6.07, 6.45) is -4.31. The van der Waals surface area contributed by atoms with Gasteiger partial charge in [-0.05, 0) is 12.1 Å². The summed E-state index contributed by atoms with van der Waals surface area (Å²) in [5, 5.41) is 8.26. The van der Waals surface area contributed by atoms with Gasteiger partial charge in [0.2, 0.25) is 0 Å². The van der Waals surface area contributed by atoms with Gasteiger partial charge in [0.1, 0.15) is 12.3 Å². The van der Waals surface area contributed by atoms with Crippen molar-refractivity contribution in [3.05, 3.63) is 29.6 Å². The molecule has 1 N–H and O–H groups in total. The van der Waals surface area contributed by atoms with Crippen LogP contribution in [0.1, 0.15) is 11.3 Å². The van der Waals surface area contributed by atoms with Crippen LogP contribution in [0.5, 0.6) is 0 Å². The summed E-state index contributed by atoms with van der Waals surface area (Å²) >= 11 is 0. The molecule has 0 bridgehead atoms. The third kappa shape index (κ3) is 2.62. The number of aliphatic hydroxyl groups is 1. The summed E-state index contributed by atoms with van der Waals surface area (Å²) < 4.78 is 61.5. The molecule has 0 aromatic carbocycles. The standard InChI is InChI=1S/C8H6F5NO/c9-7(10,4-15)6-2-1-5(3-14-6)8(11,12)13/h1-3,15H,4H2. The van der Waals surface area contributed by atoms with Crippen LogP contribution < -0.4 is 0 Å². The van der Waals surface area contributed by atoms with Gasteiger partial charge >= 0.3 is 12.1 Å². The van der Waals surface area contributed by atoms with Crippen molar-refractivity contribution in [2.45, 2.75) is 12.1 Å². The number of halogens is 5. The van der Waals surface area contributed by atoms with Crippen LogP contribution in [0.2, 0.25) is 0 Å². The van der Waals surface area contributed by atoms with Gasteiger partial charge in [-0.2, -0.15) is 22.0 Å². The molecular weight excluding hydrogens is 221 g/mol. The number of rotatable bonds is 2. The first-order valence-electron chi connectivity index (χ1n) is 3.80. The molecule has 1 aromatic rings. The van der Waals surface area contributed by atoms with Gasteiger partial charge in [0.15, 0.2) is 0 Å². The average Bonchev–Trinajstić information content (AvgIpc) is 2.17. The van der Waals surface area contributed by atoms with Crippen LogP contribution in [0.25, 0.3) is 0 Å². The maximum absolute atomic E-state index is 12.7. The Labute approximate surface area is 81.4 Å². The van der Waals surface area contributed by atoms with Crippen LogP contribution in [0.15, 0.2) is 18.3 Å². The highest BCUT2D eigenvalue weighted by Crippen LogP contribution is 2.31. The molecule has 0 aliphatic carbocycles. The third-order valence-corrected chi connectivity index (χ3v) is 1.66. The van der Waals surface area contributed by atoms with Gasteiger partial charge in [-0.3, -0.25) is 4.98 Å². The van der Waals surface area contributed by atoms with E-state index in [4.69, 9.17) is 5.11 Å². The van der Waals surface area contributed by atoms with E-state index in [9.17, 15) is 22.0 Å². The zero-order valence-corrected chi connectivity index (χ0v) is 7.22. The van der Waals surface area contributed by atoms with E-state index in [0.717, 1.165) is 0 Å². The minimum atomic E-state index is -4.61. The lowest BCUT2D eigenvalue weighted by Crippen LogP contribution is -2.20. The Balaban J connectivity index is 3.01. The molecule has 1 heterocycles. The number of aromatic nitrogens is 1. The van der Waals surface area contributed by atoms with Gasteiger partial charge in [-0.25, -0.2) is 0 Å². The predicted molar refractivity (Wildman–Crippen MR) is 40.2 cm³/mol. The molecule has 0 spiro atoms. The van der Waals surface area contributed by atoms with Crippen LogP contribution in [0, 0.1) is 0 Å². The second-order valence-corrected chi connectivity index (χ2v) is 2.79. The molecule has 0 fully saturated rings. The van der Waals surface area contributed by atoms with E-state index >= 15 is 0 Å². The number of aliphatic hydroxyl groups excluding tert-OH is 1. The fourth-order valence-corrected chi connectivity index (χ4v) is 0.859. The summed E-state index contributed by atoms with van der Waals surface area (Å²) in [7, 11) is 0. The summed E-state index contributed by atoms with van der Waals surface area (Å²) in [6, 6.07) is 1.03. The van der Waals surface area contributed by atoms with Crippen molar-refractivity contribution in [2.75, 3.05) is 6.61 Å². The highest BCUT2D eigenvalue weighted by atomic mass is 19.4. The van der Waals surface area contributed by atoms with E-state index in [0.29, 0.717) is 18.3 Å². The van der Waals surface area contributed by atoms with E-state index in [2.05, 4.69) is 4.98 Å². The molecule has 0 aliphatic rings. The lowest BCUT2D eigenvalue weighted by molar-refractivity contribution is -0.138. The van der Waals surface area contributed by atoms with E-state index in [1.54, 1.807) is 0 Å². The number of hydrogen-bond acceptors (Lipinski definition) is 2. The number of pyridine rings is 1. The quantitative estimate of drug-likeness (QED) is 0.785. The number of hydrogen-bond donors (Lipinski definition) is 1. The van der Waals surface area contributed by atoms with Crippen molar-refractivity contribution in [2.24, 2.45) is 0 Å². The van der Waals surface area contributed by atoms with Crippen LogP contribution in [0.3, 0.4) is 0 Å². The van der Waals surface area contributed by atoms with Crippen molar-refractivity contribution in [1.82, 2.24) is 4.98 Å². The minimum Gasteiger partial charge on any atom is -0.390 e. The minimum absolute atomic E-state index is 0.304. The Kier molecular flexibility index (Phi) is 2.94. The largest absolute Gasteiger partial charge is 0.417 e. The third-order valence-electron chi connectivity index (χ3n) is 1.66. The smallest absolute Gasteiger partial charge is 0.390 e. The van der Waals surface area contributed by atoms with Crippen molar-refractivity contribution < 1.29 is 27.1 Å². The first kappa shape index (κ1) is 11.8. The fraction of sp³-hybridized carbons (Fsp3) is 0.375. The molecule has 1 rings (SSSR count). The zero-order valence-electron chi connectivity index (χ0n) is 7.22.